The van der Waals surface area contributed by atoms with E-state index in [1.54, 1.807) is 12.1 Å². The van der Waals surface area contributed by atoms with Gasteiger partial charge in [0.15, 0.2) is 4.90 Å². The van der Waals surface area contributed by atoms with Crippen LogP contribution in [0.25, 0.3) is 0 Å². The Hall–Kier alpha value is -2.18. The van der Waals surface area contributed by atoms with Crippen LogP contribution in [0.4, 0.5) is 0 Å². The van der Waals surface area contributed by atoms with E-state index in [0.29, 0.717) is 11.5 Å². The fraction of sp³-hybridized carbons (Fsp3) is 0.133. The van der Waals surface area contributed by atoms with Crippen molar-refractivity contribution in [3.63, 3.8) is 0 Å². The fourth-order valence-electron chi connectivity index (χ4n) is 1.70. The van der Waals surface area contributed by atoms with E-state index >= 15 is 0 Å². The van der Waals surface area contributed by atoms with Gasteiger partial charge in [0.05, 0.1) is 0 Å². The normalized spacial score (nSPS) is 11.9. The van der Waals surface area contributed by atoms with Crippen LogP contribution in [0, 0.1) is 0 Å². The highest BCUT2D eigenvalue weighted by Gasteiger charge is 2.13. The molecule has 0 saturated carbocycles. The first-order valence-electron chi connectivity index (χ1n) is 6.20. The highest BCUT2D eigenvalue weighted by Crippen LogP contribution is 2.23. The first-order chi connectivity index (χ1) is 10.1. The van der Waals surface area contributed by atoms with Crippen molar-refractivity contribution in [2.75, 3.05) is 12.4 Å². The van der Waals surface area contributed by atoms with Crippen LogP contribution in [0.5, 0.6) is 11.5 Å². The second kappa shape index (κ2) is 7.01. The highest BCUT2D eigenvalue weighted by molar-refractivity contribution is 7.91. The molecule has 0 amide bonds. The molecule has 0 saturated heterocycles. The van der Waals surface area contributed by atoms with Crippen molar-refractivity contribution in [2.45, 2.75) is 4.90 Å². The molecule has 2 aromatic rings. The predicted molar refractivity (Wildman–Crippen MR) is 78.3 cm³/mol. The Morgan fingerprint density at radius 3 is 2.57 bits per heavy atom. The van der Waals surface area contributed by atoms with Gasteiger partial charge in [-0.3, -0.25) is 0 Å². The van der Waals surface area contributed by atoms with E-state index in [4.69, 9.17) is 9.84 Å². The monoisotopic (exact) mass is 306 g/mol. The number of aromatic carboxylic acids is 1. The molecule has 2 rings (SSSR count). The molecule has 5 nitrogen and oxygen atoms in total. The van der Waals surface area contributed by atoms with Gasteiger partial charge in [-0.2, -0.15) is 0 Å². The summed E-state index contributed by atoms with van der Waals surface area (Å²) in [5.41, 5.74) is -0.225. The van der Waals surface area contributed by atoms with Gasteiger partial charge in [0.1, 0.15) is 29.4 Å². The molecule has 21 heavy (non-hydrogen) atoms. The van der Waals surface area contributed by atoms with E-state index in [-0.39, 0.29) is 17.9 Å². The second-order valence-corrected chi connectivity index (χ2v) is 5.77. The molecule has 110 valence electrons. The Labute approximate surface area is 125 Å². The fourth-order valence-corrected chi connectivity index (χ4v) is 2.63. The lowest BCUT2D eigenvalue weighted by Crippen LogP contribution is -2.14. The maximum atomic E-state index is 12.0. The molecule has 1 atom stereocenters. The summed E-state index contributed by atoms with van der Waals surface area (Å²) in [6.07, 6.45) is 0. The molecule has 0 aliphatic heterocycles. The number of carboxylic acid groups (broad SMARTS) is 1. The van der Waals surface area contributed by atoms with E-state index in [2.05, 4.69) is 0 Å². The Morgan fingerprint density at radius 2 is 1.90 bits per heavy atom. The summed E-state index contributed by atoms with van der Waals surface area (Å²) in [7, 11) is 0. The number of rotatable bonds is 6. The maximum Gasteiger partial charge on any atom is 0.339 e. The minimum Gasteiger partial charge on any atom is -0.611 e. The van der Waals surface area contributed by atoms with Gasteiger partial charge in [-0.05, 0) is 41.5 Å². The van der Waals surface area contributed by atoms with Gasteiger partial charge in [-0.1, -0.05) is 18.2 Å². The lowest BCUT2D eigenvalue weighted by atomic mass is 10.2. The number of hydrogen-bond acceptors (Lipinski definition) is 4. The Kier molecular flexibility index (Phi) is 5.08. The van der Waals surface area contributed by atoms with E-state index in [0.717, 1.165) is 4.90 Å². The van der Waals surface area contributed by atoms with Crippen LogP contribution in [-0.4, -0.2) is 33.1 Å². The summed E-state index contributed by atoms with van der Waals surface area (Å²) in [5.74, 6) is -0.934. The summed E-state index contributed by atoms with van der Waals surface area (Å²) in [5, 5.41) is 18.3. The lowest BCUT2D eigenvalue weighted by molar-refractivity contribution is 0.0693. The van der Waals surface area contributed by atoms with Gasteiger partial charge in [-0.15, -0.1) is 0 Å². The van der Waals surface area contributed by atoms with Gasteiger partial charge in [0.25, 0.3) is 0 Å². The molecule has 2 aromatic carbocycles. The first-order valence-corrected chi connectivity index (χ1v) is 7.52. The molecule has 0 heterocycles. The van der Waals surface area contributed by atoms with Gasteiger partial charge in [0, 0.05) is 0 Å². The van der Waals surface area contributed by atoms with Crippen molar-refractivity contribution in [3.05, 3.63) is 54.1 Å². The van der Waals surface area contributed by atoms with Gasteiger partial charge in [-0.25, -0.2) is 4.79 Å². The van der Waals surface area contributed by atoms with Crippen LogP contribution in [-0.2, 0) is 11.2 Å². The third-order valence-electron chi connectivity index (χ3n) is 2.74. The number of benzene rings is 2. The highest BCUT2D eigenvalue weighted by atomic mass is 32.2. The van der Waals surface area contributed by atoms with E-state index in [1.807, 2.05) is 18.2 Å². The van der Waals surface area contributed by atoms with Crippen molar-refractivity contribution in [1.82, 2.24) is 0 Å². The standard InChI is InChI=1S/C15H14O5S/c16-14-7-6-11(10-13(14)15(17)18)20-8-9-21(19)12-4-2-1-3-5-12/h1-7,10,16H,8-9H2,(H,17,18). The van der Waals surface area contributed by atoms with Crippen LogP contribution in [0.3, 0.4) is 0 Å². The summed E-state index contributed by atoms with van der Waals surface area (Å²) >= 11 is -1.17. The van der Waals surface area contributed by atoms with Crippen LogP contribution in [0.15, 0.2) is 53.4 Å². The quantitative estimate of drug-likeness (QED) is 0.799. The molecule has 6 heteroatoms. The SMILES string of the molecule is O=C(O)c1cc(OCC[S+]([O-])c2ccccc2)ccc1O. The molecular formula is C15H14O5S. The summed E-state index contributed by atoms with van der Waals surface area (Å²) < 4.78 is 17.3. The van der Waals surface area contributed by atoms with Crippen LogP contribution < -0.4 is 4.74 Å². The first kappa shape index (κ1) is 15.2. The van der Waals surface area contributed by atoms with Gasteiger partial charge >= 0.3 is 5.97 Å². The molecule has 0 bridgehead atoms. The Bertz CT molecular complexity index is 615. The van der Waals surface area contributed by atoms with E-state index < -0.39 is 17.1 Å². The maximum absolute atomic E-state index is 12.0. The number of carbonyl (C=O) groups is 1. The van der Waals surface area contributed by atoms with Gasteiger partial charge < -0.3 is 19.5 Å². The molecule has 2 N–H and O–H groups in total. The number of carboxylic acids is 1. The van der Waals surface area contributed by atoms with E-state index in [1.165, 1.54) is 18.2 Å². The molecular weight excluding hydrogens is 292 g/mol. The third kappa shape index (κ3) is 4.14. The van der Waals surface area contributed by atoms with Crippen LogP contribution >= 0.6 is 0 Å². The lowest BCUT2D eigenvalue weighted by Gasteiger charge is -2.11. The molecule has 0 radical (unpaired) electrons. The molecule has 1 unspecified atom stereocenters. The third-order valence-corrected chi connectivity index (χ3v) is 4.08. The Morgan fingerprint density at radius 1 is 1.19 bits per heavy atom. The predicted octanol–water partition coefficient (Wildman–Crippen LogP) is 2.28. The average Bonchev–Trinajstić information content (AvgIpc) is 2.49. The molecule has 0 aliphatic rings. The zero-order valence-electron chi connectivity index (χ0n) is 11.1. The number of phenols is 1. The minimum atomic E-state index is -1.23. The molecule has 0 spiro atoms. The molecule has 0 aliphatic carbocycles. The average molecular weight is 306 g/mol. The zero-order chi connectivity index (χ0) is 15.2. The zero-order valence-corrected chi connectivity index (χ0v) is 11.9. The number of hydrogen-bond donors (Lipinski definition) is 2. The van der Waals surface area contributed by atoms with Crippen LogP contribution in [0.2, 0.25) is 0 Å². The summed E-state index contributed by atoms with van der Waals surface area (Å²) in [6, 6.07) is 13.0. The van der Waals surface area contributed by atoms with Gasteiger partial charge in [0.2, 0.25) is 0 Å². The largest absolute Gasteiger partial charge is 0.611 e. The minimum absolute atomic E-state index is 0.186. The summed E-state index contributed by atoms with van der Waals surface area (Å²) in [6.45, 7) is 0.186. The Balaban J connectivity index is 1.92. The topological polar surface area (TPSA) is 89.8 Å². The summed E-state index contributed by atoms with van der Waals surface area (Å²) in [4.78, 5) is 11.6. The van der Waals surface area contributed by atoms with Crippen molar-refractivity contribution < 1.29 is 24.3 Å². The van der Waals surface area contributed by atoms with Crippen LogP contribution in [0.1, 0.15) is 10.4 Å². The van der Waals surface area contributed by atoms with Crippen molar-refractivity contribution in [1.29, 1.82) is 0 Å². The second-order valence-electron chi connectivity index (χ2n) is 4.20. The van der Waals surface area contributed by atoms with E-state index in [9.17, 15) is 14.5 Å². The molecule has 0 fully saturated rings. The molecule has 0 aromatic heterocycles. The smallest absolute Gasteiger partial charge is 0.339 e. The van der Waals surface area contributed by atoms with Crippen molar-refractivity contribution >= 4 is 17.1 Å². The number of aromatic hydroxyl groups is 1. The van der Waals surface area contributed by atoms with Crippen molar-refractivity contribution in [3.8, 4) is 11.5 Å². The van der Waals surface area contributed by atoms with Crippen molar-refractivity contribution in [2.24, 2.45) is 0 Å². The number of ether oxygens (including phenoxy) is 1.